The standard InChI is InChI=1S/C13H23F2N3O/c14-12(15)10-17-5-7-18(8-6-17)13(19)2-1-11-3-4-16-9-11/h11-12,16H,1-10H2. The first-order chi connectivity index (χ1) is 9.15. The summed E-state index contributed by atoms with van der Waals surface area (Å²) in [6.07, 6.45) is 0.428. The average molecular weight is 275 g/mol. The largest absolute Gasteiger partial charge is 0.340 e. The molecule has 19 heavy (non-hydrogen) atoms. The van der Waals surface area contributed by atoms with Crippen LogP contribution in [0.15, 0.2) is 0 Å². The van der Waals surface area contributed by atoms with E-state index in [1.54, 1.807) is 4.90 Å². The number of rotatable bonds is 5. The maximum absolute atomic E-state index is 12.2. The van der Waals surface area contributed by atoms with Gasteiger partial charge in [-0.05, 0) is 31.8 Å². The second-order valence-corrected chi connectivity index (χ2v) is 5.47. The van der Waals surface area contributed by atoms with Gasteiger partial charge in [0.1, 0.15) is 0 Å². The zero-order valence-electron chi connectivity index (χ0n) is 11.3. The van der Waals surface area contributed by atoms with E-state index in [1.807, 2.05) is 4.90 Å². The van der Waals surface area contributed by atoms with Crippen molar-refractivity contribution in [1.29, 1.82) is 0 Å². The minimum atomic E-state index is -2.28. The molecule has 0 aromatic heterocycles. The number of hydrogen-bond acceptors (Lipinski definition) is 3. The Balaban J connectivity index is 1.64. The maximum atomic E-state index is 12.2. The number of nitrogens with zero attached hydrogens (tertiary/aromatic N) is 2. The SMILES string of the molecule is O=C(CCC1CCNC1)N1CCN(CC(F)F)CC1. The van der Waals surface area contributed by atoms with Crippen LogP contribution in [0, 0.1) is 5.92 Å². The van der Waals surface area contributed by atoms with Crippen molar-refractivity contribution in [1.82, 2.24) is 15.1 Å². The van der Waals surface area contributed by atoms with Crippen molar-refractivity contribution in [2.45, 2.75) is 25.7 Å². The van der Waals surface area contributed by atoms with Gasteiger partial charge in [0, 0.05) is 32.6 Å². The van der Waals surface area contributed by atoms with E-state index < -0.39 is 6.43 Å². The van der Waals surface area contributed by atoms with E-state index in [0.717, 1.165) is 25.9 Å². The highest BCUT2D eigenvalue weighted by molar-refractivity contribution is 5.76. The lowest BCUT2D eigenvalue weighted by Gasteiger charge is -2.34. The predicted molar refractivity (Wildman–Crippen MR) is 69.2 cm³/mol. The molecule has 2 aliphatic rings. The van der Waals surface area contributed by atoms with E-state index in [4.69, 9.17) is 0 Å². The fourth-order valence-electron chi connectivity index (χ4n) is 2.82. The van der Waals surface area contributed by atoms with Gasteiger partial charge in [-0.1, -0.05) is 0 Å². The monoisotopic (exact) mass is 275 g/mol. The zero-order chi connectivity index (χ0) is 13.7. The van der Waals surface area contributed by atoms with Crippen molar-refractivity contribution >= 4 is 5.91 Å². The van der Waals surface area contributed by atoms with Crippen molar-refractivity contribution in [3.05, 3.63) is 0 Å². The molecule has 2 heterocycles. The van der Waals surface area contributed by atoms with Gasteiger partial charge in [0.25, 0.3) is 6.43 Å². The molecule has 2 rings (SSSR count). The van der Waals surface area contributed by atoms with Gasteiger partial charge in [0.15, 0.2) is 0 Å². The van der Waals surface area contributed by atoms with E-state index in [9.17, 15) is 13.6 Å². The van der Waals surface area contributed by atoms with E-state index in [0.29, 0.717) is 38.5 Å². The molecule has 2 fully saturated rings. The quantitative estimate of drug-likeness (QED) is 0.805. The first-order valence-corrected chi connectivity index (χ1v) is 7.14. The lowest BCUT2D eigenvalue weighted by Crippen LogP contribution is -2.49. The molecule has 0 spiro atoms. The predicted octanol–water partition coefficient (Wildman–Crippen LogP) is 0.785. The van der Waals surface area contributed by atoms with Crippen molar-refractivity contribution in [3.63, 3.8) is 0 Å². The molecule has 1 amide bonds. The molecule has 2 aliphatic heterocycles. The van der Waals surface area contributed by atoms with Crippen LogP contribution in [-0.2, 0) is 4.79 Å². The molecule has 4 nitrogen and oxygen atoms in total. The summed E-state index contributed by atoms with van der Waals surface area (Å²) in [5.74, 6) is 0.813. The normalized spacial score (nSPS) is 25.2. The summed E-state index contributed by atoms with van der Waals surface area (Å²) in [6.45, 7) is 4.24. The van der Waals surface area contributed by atoms with Crippen LogP contribution in [0.2, 0.25) is 0 Å². The summed E-state index contributed by atoms with van der Waals surface area (Å²) >= 11 is 0. The molecule has 0 radical (unpaired) electrons. The zero-order valence-corrected chi connectivity index (χ0v) is 11.3. The summed E-state index contributed by atoms with van der Waals surface area (Å²) < 4.78 is 24.5. The van der Waals surface area contributed by atoms with Crippen LogP contribution in [-0.4, -0.2) is 67.9 Å². The summed E-state index contributed by atoms with van der Waals surface area (Å²) in [7, 11) is 0. The molecule has 0 aliphatic carbocycles. The topological polar surface area (TPSA) is 35.6 Å². The summed E-state index contributed by atoms with van der Waals surface area (Å²) in [5.41, 5.74) is 0. The minimum absolute atomic E-state index is 0.171. The molecule has 1 N–H and O–H groups in total. The Hall–Kier alpha value is -0.750. The van der Waals surface area contributed by atoms with Crippen LogP contribution in [0.3, 0.4) is 0 Å². The van der Waals surface area contributed by atoms with E-state index in [-0.39, 0.29) is 12.5 Å². The van der Waals surface area contributed by atoms with E-state index in [2.05, 4.69) is 5.32 Å². The second-order valence-electron chi connectivity index (χ2n) is 5.47. The van der Waals surface area contributed by atoms with Crippen LogP contribution < -0.4 is 5.32 Å². The van der Waals surface area contributed by atoms with Crippen LogP contribution in [0.4, 0.5) is 8.78 Å². The molecule has 0 aromatic carbocycles. The molecule has 110 valence electrons. The molecule has 2 saturated heterocycles. The molecular weight excluding hydrogens is 252 g/mol. The van der Waals surface area contributed by atoms with Crippen LogP contribution in [0.1, 0.15) is 19.3 Å². The van der Waals surface area contributed by atoms with Gasteiger partial charge >= 0.3 is 0 Å². The highest BCUT2D eigenvalue weighted by Crippen LogP contribution is 2.16. The number of amides is 1. The highest BCUT2D eigenvalue weighted by Gasteiger charge is 2.23. The van der Waals surface area contributed by atoms with Gasteiger partial charge < -0.3 is 10.2 Å². The second kappa shape index (κ2) is 7.14. The Labute approximate surface area is 113 Å². The van der Waals surface area contributed by atoms with Crippen molar-refractivity contribution < 1.29 is 13.6 Å². The minimum Gasteiger partial charge on any atom is -0.340 e. The van der Waals surface area contributed by atoms with Crippen molar-refractivity contribution in [2.24, 2.45) is 5.92 Å². The Morgan fingerprint density at radius 2 is 2.00 bits per heavy atom. The van der Waals surface area contributed by atoms with Gasteiger partial charge in [0.2, 0.25) is 5.91 Å². The summed E-state index contributed by atoms with van der Waals surface area (Å²) in [6, 6.07) is 0. The first kappa shape index (κ1) is 14.7. The Bertz CT molecular complexity index is 288. The lowest BCUT2D eigenvalue weighted by molar-refractivity contribution is -0.133. The van der Waals surface area contributed by atoms with Gasteiger partial charge in [-0.25, -0.2) is 8.78 Å². The van der Waals surface area contributed by atoms with Crippen LogP contribution >= 0.6 is 0 Å². The Morgan fingerprint density at radius 3 is 2.58 bits per heavy atom. The third-order valence-corrected chi connectivity index (χ3v) is 4.05. The highest BCUT2D eigenvalue weighted by atomic mass is 19.3. The Kier molecular flexibility index (Phi) is 5.51. The van der Waals surface area contributed by atoms with Gasteiger partial charge in [0.05, 0.1) is 6.54 Å². The van der Waals surface area contributed by atoms with E-state index >= 15 is 0 Å². The van der Waals surface area contributed by atoms with E-state index in [1.165, 1.54) is 0 Å². The number of alkyl halides is 2. The van der Waals surface area contributed by atoms with Gasteiger partial charge in [-0.15, -0.1) is 0 Å². The fraction of sp³-hybridized carbons (Fsp3) is 0.923. The molecule has 6 heteroatoms. The number of carbonyl (C=O) groups excluding carboxylic acids is 1. The fourth-order valence-corrected chi connectivity index (χ4v) is 2.82. The third kappa shape index (κ3) is 4.69. The molecule has 1 atom stereocenters. The lowest BCUT2D eigenvalue weighted by atomic mass is 10.0. The van der Waals surface area contributed by atoms with Crippen molar-refractivity contribution in [2.75, 3.05) is 45.8 Å². The molecule has 1 unspecified atom stereocenters. The molecule has 0 saturated carbocycles. The van der Waals surface area contributed by atoms with Gasteiger partial charge in [-0.3, -0.25) is 9.69 Å². The van der Waals surface area contributed by atoms with Crippen molar-refractivity contribution in [3.8, 4) is 0 Å². The number of halogens is 2. The first-order valence-electron chi connectivity index (χ1n) is 7.14. The molecule has 0 aromatic rings. The Morgan fingerprint density at radius 1 is 1.26 bits per heavy atom. The number of piperazine rings is 1. The maximum Gasteiger partial charge on any atom is 0.251 e. The summed E-state index contributed by atoms with van der Waals surface area (Å²) in [5, 5.41) is 3.30. The summed E-state index contributed by atoms with van der Waals surface area (Å²) in [4.78, 5) is 15.6. The van der Waals surface area contributed by atoms with Gasteiger partial charge in [-0.2, -0.15) is 0 Å². The number of nitrogens with one attached hydrogen (secondary N) is 1. The third-order valence-electron chi connectivity index (χ3n) is 4.05. The number of carbonyl (C=O) groups is 1. The molecule has 0 bridgehead atoms. The van der Waals surface area contributed by atoms with Crippen LogP contribution in [0.5, 0.6) is 0 Å². The smallest absolute Gasteiger partial charge is 0.251 e. The molecular formula is C13H23F2N3O. The average Bonchev–Trinajstić information content (AvgIpc) is 2.89. The number of hydrogen-bond donors (Lipinski definition) is 1. The van der Waals surface area contributed by atoms with Crippen LogP contribution in [0.25, 0.3) is 0 Å².